The predicted molar refractivity (Wildman–Crippen MR) is 108 cm³/mol. The highest BCUT2D eigenvalue weighted by Crippen LogP contribution is 2.24. The van der Waals surface area contributed by atoms with Gasteiger partial charge in [-0.2, -0.15) is 0 Å². The number of nitrogens with one attached hydrogen (secondary N) is 2. The summed E-state index contributed by atoms with van der Waals surface area (Å²) in [6.45, 7) is 0. The molecule has 1 amide bonds. The first-order valence-electron chi connectivity index (χ1n) is 8.46. The normalized spacial score (nSPS) is 11.9. The smallest absolute Gasteiger partial charge is 0.225 e. The summed E-state index contributed by atoms with van der Waals surface area (Å²) in [5, 5.41) is 8.65. The molecule has 0 aliphatic heterocycles. The molecule has 0 unspecified atom stereocenters. The van der Waals surface area contributed by atoms with Gasteiger partial charge in [0.25, 0.3) is 0 Å². The average molecular weight is 366 g/mol. The van der Waals surface area contributed by atoms with Gasteiger partial charge in [-0.3, -0.25) is 4.79 Å². The summed E-state index contributed by atoms with van der Waals surface area (Å²) in [5.74, 6) is -0.00839. The number of carbonyl (C=O) groups excluding carboxylic acids is 1. The van der Waals surface area contributed by atoms with Gasteiger partial charge in [0.1, 0.15) is 0 Å². The summed E-state index contributed by atoms with van der Waals surface area (Å²) in [4.78, 5) is 16.6. The van der Waals surface area contributed by atoms with Gasteiger partial charge in [-0.25, -0.2) is 4.98 Å². The van der Waals surface area contributed by atoms with Crippen molar-refractivity contribution < 1.29 is 4.79 Å². The lowest BCUT2D eigenvalue weighted by molar-refractivity contribution is -0.116. The van der Waals surface area contributed by atoms with Crippen molar-refractivity contribution in [3.63, 3.8) is 0 Å². The van der Waals surface area contributed by atoms with Crippen LogP contribution in [0.25, 0.3) is 11.3 Å². The summed E-state index contributed by atoms with van der Waals surface area (Å²) < 4.78 is 0. The maximum atomic E-state index is 12.4. The number of amides is 1. The monoisotopic (exact) mass is 366 g/mol. The molecule has 0 saturated carbocycles. The molecule has 0 bridgehead atoms. The lowest BCUT2D eigenvalue weighted by Crippen LogP contribution is -2.32. The fourth-order valence-electron chi connectivity index (χ4n) is 2.76. The minimum absolute atomic E-state index is 0.00839. The minimum Gasteiger partial charge on any atom is -0.375 e. The SMILES string of the molecule is CN[C@H](CC(=O)Nc1ccc(-c2csc(N)n2)cc1)Cc1ccccc1. The van der Waals surface area contributed by atoms with Gasteiger partial charge in [0.15, 0.2) is 5.13 Å². The third-order valence-corrected chi connectivity index (χ3v) is 4.83. The molecule has 2 aromatic carbocycles. The number of thiazole rings is 1. The number of hydrogen-bond donors (Lipinski definition) is 3. The van der Waals surface area contributed by atoms with E-state index in [1.165, 1.54) is 16.9 Å². The van der Waals surface area contributed by atoms with Crippen molar-refractivity contribution in [3.05, 3.63) is 65.5 Å². The van der Waals surface area contributed by atoms with Gasteiger partial charge in [-0.05, 0) is 31.2 Å². The van der Waals surface area contributed by atoms with Crippen molar-refractivity contribution in [1.29, 1.82) is 0 Å². The Bertz CT molecular complexity index is 846. The van der Waals surface area contributed by atoms with Crippen LogP contribution in [0.5, 0.6) is 0 Å². The van der Waals surface area contributed by atoms with Crippen LogP contribution in [0.4, 0.5) is 10.8 Å². The van der Waals surface area contributed by atoms with Crippen molar-refractivity contribution in [1.82, 2.24) is 10.3 Å². The number of rotatable bonds is 7. The predicted octanol–water partition coefficient (Wildman–Crippen LogP) is 3.55. The summed E-state index contributed by atoms with van der Waals surface area (Å²) in [5.41, 5.74) is 9.49. The lowest BCUT2D eigenvalue weighted by atomic mass is 10.0. The second kappa shape index (κ2) is 8.60. The van der Waals surface area contributed by atoms with Crippen LogP contribution in [0.2, 0.25) is 0 Å². The van der Waals surface area contributed by atoms with Gasteiger partial charge in [0.2, 0.25) is 5.91 Å². The standard InChI is InChI=1S/C20H22N4OS/c1-22-17(11-14-5-3-2-4-6-14)12-19(25)23-16-9-7-15(8-10-16)18-13-26-20(21)24-18/h2-10,13,17,22H,11-12H2,1H3,(H2,21,24)(H,23,25)/t17-/m0/s1. The van der Waals surface area contributed by atoms with Crippen molar-refractivity contribution in [2.45, 2.75) is 18.9 Å². The van der Waals surface area contributed by atoms with Gasteiger partial charge in [-0.15, -0.1) is 11.3 Å². The number of nitrogens with zero attached hydrogens (tertiary/aromatic N) is 1. The second-order valence-corrected chi connectivity index (χ2v) is 6.97. The van der Waals surface area contributed by atoms with Gasteiger partial charge >= 0.3 is 0 Å². The van der Waals surface area contributed by atoms with E-state index in [1.807, 2.05) is 54.9 Å². The van der Waals surface area contributed by atoms with E-state index in [2.05, 4.69) is 27.8 Å². The van der Waals surface area contributed by atoms with E-state index in [0.29, 0.717) is 11.6 Å². The molecule has 3 aromatic rings. The van der Waals surface area contributed by atoms with E-state index < -0.39 is 0 Å². The van der Waals surface area contributed by atoms with Gasteiger partial charge in [-0.1, -0.05) is 42.5 Å². The molecule has 0 fully saturated rings. The van der Waals surface area contributed by atoms with Crippen LogP contribution >= 0.6 is 11.3 Å². The first kappa shape index (κ1) is 18.1. The zero-order valence-electron chi connectivity index (χ0n) is 14.6. The molecule has 0 radical (unpaired) electrons. The summed E-state index contributed by atoms with van der Waals surface area (Å²) >= 11 is 1.41. The number of nitrogen functional groups attached to an aromatic ring is 1. The molecule has 1 heterocycles. The molecule has 0 aliphatic carbocycles. The molecular weight excluding hydrogens is 344 g/mol. The molecule has 26 heavy (non-hydrogen) atoms. The zero-order valence-corrected chi connectivity index (χ0v) is 15.4. The van der Waals surface area contributed by atoms with E-state index >= 15 is 0 Å². The molecule has 0 saturated heterocycles. The number of hydrogen-bond acceptors (Lipinski definition) is 5. The van der Waals surface area contributed by atoms with E-state index in [4.69, 9.17) is 5.73 Å². The Balaban J connectivity index is 1.57. The molecular formula is C20H22N4OS. The maximum absolute atomic E-state index is 12.4. The first-order chi connectivity index (χ1) is 12.6. The molecule has 0 spiro atoms. The summed E-state index contributed by atoms with van der Waals surface area (Å²) in [6.07, 6.45) is 1.23. The van der Waals surface area contributed by atoms with Crippen molar-refractivity contribution >= 4 is 28.1 Å². The van der Waals surface area contributed by atoms with Crippen LogP contribution in [0.15, 0.2) is 60.0 Å². The number of anilines is 2. The molecule has 3 rings (SSSR count). The van der Waals surface area contributed by atoms with Gasteiger partial charge in [0, 0.05) is 29.1 Å². The minimum atomic E-state index is -0.00839. The van der Waals surface area contributed by atoms with E-state index in [-0.39, 0.29) is 11.9 Å². The zero-order chi connectivity index (χ0) is 18.4. The molecule has 1 atom stereocenters. The topological polar surface area (TPSA) is 80.0 Å². The third-order valence-electron chi connectivity index (χ3n) is 4.15. The van der Waals surface area contributed by atoms with Crippen LogP contribution in [0.3, 0.4) is 0 Å². The lowest BCUT2D eigenvalue weighted by Gasteiger charge is -2.16. The van der Waals surface area contributed by atoms with Gasteiger partial charge < -0.3 is 16.4 Å². The Labute approximate surface area is 157 Å². The Kier molecular flexibility index (Phi) is 5.99. The number of nitrogens with two attached hydrogens (primary N) is 1. The quantitative estimate of drug-likeness (QED) is 0.597. The summed E-state index contributed by atoms with van der Waals surface area (Å²) in [6, 6.07) is 17.9. The van der Waals surface area contributed by atoms with Crippen LogP contribution in [0, 0.1) is 0 Å². The van der Waals surface area contributed by atoms with Crippen LogP contribution < -0.4 is 16.4 Å². The molecule has 134 valence electrons. The highest BCUT2D eigenvalue weighted by Gasteiger charge is 2.13. The van der Waals surface area contributed by atoms with E-state index in [9.17, 15) is 4.79 Å². The van der Waals surface area contributed by atoms with Crippen molar-refractivity contribution in [2.24, 2.45) is 0 Å². The maximum Gasteiger partial charge on any atom is 0.225 e. The third kappa shape index (κ3) is 4.91. The van der Waals surface area contributed by atoms with E-state index in [1.54, 1.807) is 0 Å². The Morgan fingerprint density at radius 2 is 1.88 bits per heavy atom. The Hall–Kier alpha value is -2.70. The Morgan fingerprint density at radius 3 is 2.50 bits per heavy atom. The largest absolute Gasteiger partial charge is 0.375 e. The molecule has 1 aromatic heterocycles. The fourth-order valence-corrected chi connectivity index (χ4v) is 3.33. The summed E-state index contributed by atoms with van der Waals surface area (Å²) in [7, 11) is 1.88. The highest BCUT2D eigenvalue weighted by molar-refractivity contribution is 7.13. The molecule has 5 nitrogen and oxygen atoms in total. The van der Waals surface area contributed by atoms with E-state index in [0.717, 1.165) is 23.4 Å². The average Bonchev–Trinajstić information content (AvgIpc) is 3.09. The number of aromatic nitrogens is 1. The highest BCUT2D eigenvalue weighted by atomic mass is 32.1. The molecule has 4 N–H and O–H groups in total. The van der Waals surface area contributed by atoms with Crippen LogP contribution in [0.1, 0.15) is 12.0 Å². The number of likely N-dealkylation sites (N-methyl/N-ethyl adjacent to an activating group) is 1. The Morgan fingerprint density at radius 1 is 1.15 bits per heavy atom. The van der Waals surface area contributed by atoms with Crippen LogP contribution in [-0.4, -0.2) is 24.0 Å². The number of carbonyl (C=O) groups is 1. The van der Waals surface area contributed by atoms with Crippen molar-refractivity contribution in [3.8, 4) is 11.3 Å². The molecule has 6 heteroatoms. The van der Waals surface area contributed by atoms with Crippen molar-refractivity contribution in [2.75, 3.05) is 18.1 Å². The fraction of sp³-hybridized carbons (Fsp3) is 0.200. The number of benzene rings is 2. The first-order valence-corrected chi connectivity index (χ1v) is 9.34. The second-order valence-electron chi connectivity index (χ2n) is 6.08. The van der Waals surface area contributed by atoms with Gasteiger partial charge in [0.05, 0.1) is 5.69 Å². The molecule has 0 aliphatic rings. The van der Waals surface area contributed by atoms with Crippen LogP contribution in [-0.2, 0) is 11.2 Å².